The van der Waals surface area contributed by atoms with Gasteiger partial charge in [-0.15, -0.1) is 11.3 Å². The van der Waals surface area contributed by atoms with E-state index in [1.807, 2.05) is 4.90 Å². The predicted molar refractivity (Wildman–Crippen MR) is 150 cm³/mol. The normalized spacial score (nSPS) is 18.8. The Labute approximate surface area is 238 Å². The molecule has 0 spiro atoms. The van der Waals surface area contributed by atoms with Crippen LogP contribution in [-0.4, -0.2) is 65.7 Å². The molecule has 2 aromatic carbocycles. The number of carbonyl (C=O) groups is 4. The third-order valence-corrected chi connectivity index (χ3v) is 8.47. The number of thiazole rings is 1. The van der Waals surface area contributed by atoms with Crippen molar-refractivity contribution >= 4 is 57.2 Å². The number of imide groups is 2. The lowest BCUT2D eigenvalue weighted by Crippen LogP contribution is -2.54. The van der Waals surface area contributed by atoms with E-state index >= 15 is 0 Å². The molecule has 0 radical (unpaired) electrons. The van der Waals surface area contributed by atoms with Crippen LogP contribution in [0.2, 0.25) is 0 Å². The quantitative estimate of drug-likeness (QED) is 0.341. The number of hydrogen-bond donors (Lipinski definition) is 2. The lowest BCUT2D eigenvalue weighted by Gasteiger charge is -2.36. The number of nitrogens with one attached hydrogen (secondary N) is 2. The minimum Gasteiger partial charge on any atom is -0.379 e. The number of aromatic nitrogens is 1. The molecule has 13 heteroatoms. The first-order valence-electron chi connectivity index (χ1n) is 13.0. The number of carbonyl (C=O) groups excluding carboxylic acids is 4. The van der Waals surface area contributed by atoms with Gasteiger partial charge in [0.15, 0.2) is 10.8 Å². The van der Waals surface area contributed by atoms with E-state index in [0.717, 1.165) is 14.9 Å². The van der Waals surface area contributed by atoms with Gasteiger partial charge < -0.3 is 15.1 Å². The van der Waals surface area contributed by atoms with Gasteiger partial charge in [-0.2, -0.15) is 0 Å². The highest BCUT2D eigenvalue weighted by Gasteiger charge is 2.45. The minimum absolute atomic E-state index is 0.0605. The Bertz CT molecular complexity index is 1630. The van der Waals surface area contributed by atoms with Crippen LogP contribution >= 0.6 is 11.3 Å². The average Bonchev–Trinajstić information content (AvgIpc) is 3.55. The van der Waals surface area contributed by atoms with Gasteiger partial charge in [-0.1, -0.05) is 12.1 Å². The van der Waals surface area contributed by atoms with E-state index in [0.29, 0.717) is 44.1 Å². The summed E-state index contributed by atoms with van der Waals surface area (Å²) in [6.07, 6.45) is 1.92. The summed E-state index contributed by atoms with van der Waals surface area (Å²) in [7, 11) is 0. The maximum Gasteiger partial charge on any atom is 0.264 e. The summed E-state index contributed by atoms with van der Waals surface area (Å²) in [5.41, 5.74) is 1.66. The number of piperazine rings is 1. The number of piperidine rings is 1. The molecule has 208 valence electrons. The molecular weight excluding hydrogens is 549 g/mol. The number of halogens is 1. The standard InChI is InChI=1S/C28H24FN7O4S/c1-30-16-5-6-21(19(29)13-16)34-9-11-35(12-10-34)28-32-15-17(41-28)14-31-20-4-2-3-18-24(20)27(40)36(26(18)39)22-7-8-23(37)33-25(22)38/h2-6,13,15,22,31H,7-12,14H2,(H,33,37,38). The zero-order chi connectivity index (χ0) is 28.7. The molecular formula is C28H24FN7O4S. The van der Waals surface area contributed by atoms with E-state index in [1.165, 1.54) is 17.4 Å². The Morgan fingerprint density at radius 1 is 1.07 bits per heavy atom. The third kappa shape index (κ3) is 4.87. The van der Waals surface area contributed by atoms with Crippen molar-refractivity contribution in [3.8, 4) is 0 Å². The molecule has 4 amide bonds. The maximum atomic E-state index is 14.5. The molecule has 0 aliphatic carbocycles. The molecule has 3 aromatic rings. The van der Waals surface area contributed by atoms with Crippen LogP contribution in [0.25, 0.3) is 4.85 Å². The first kappa shape index (κ1) is 26.4. The van der Waals surface area contributed by atoms with Gasteiger partial charge in [0.25, 0.3) is 11.8 Å². The van der Waals surface area contributed by atoms with E-state index in [-0.39, 0.29) is 29.7 Å². The fraction of sp³-hybridized carbons (Fsp3) is 0.286. The van der Waals surface area contributed by atoms with Crippen molar-refractivity contribution in [1.82, 2.24) is 15.2 Å². The summed E-state index contributed by atoms with van der Waals surface area (Å²) < 4.78 is 14.5. The Morgan fingerprint density at radius 3 is 2.59 bits per heavy atom. The van der Waals surface area contributed by atoms with Crippen molar-refractivity contribution < 1.29 is 23.6 Å². The van der Waals surface area contributed by atoms with Gasteiger partial charge >= 0.3 is 0 Å². The molecule has 2 N–H and O–H groups in total. The van der Waals surface area contributed by atoms with E-state index in [1.54, 1.807) is 36.5 Å². The van der Waals surface area contributed by atoms with Crippen LogP contribution in [0.15, 0.2) is 42.6 Å². The fourth-order valence-corrected chi connectivity index (χ4v) is 6.23. The summed E-state index contributed by atoms with van der Waals surface area (Å²) >= 11 is 1.50. The molecule has 2 saturated heterocycles. The Morgan fingerprint density at radius 2 is 1.85 bits per heavy atom. The minimum atomic E-state index is -1.02. The number of anilines is 3. The summed E-state index contributed by atoms with van der Waals surface area (Å²) in [6, 6.07) is 8.45. The zero-order valence-electron chi connectivity index (χ0n) is 21.7. The predicted octanol–water partition coefficient (Wildman–Crippen LogP) is 3.17. The van der Waals surface area contributed by atoms with E-state index in [2.05, 4.69) is 25.4 Å². The van der Waals surface area contributed by atoms with Crippen molar-refractivity contribution in [2.24, 2.45) is 0 Å². The smallest absolute Gasteiger partial charge is 0.264 e. The van der Waals surface area contributed by atoms with Gasteiger partial charge in [0.1, 0.15) is 11.9 Å². The van der Waals surface area contributed by atoms with E-state index in [4.69, 9.17) is 6.57 Å². The molecule has 1 unspecified atom stereocenters. The van der Waals surface area contributed by atoms with Crippen molar-refractivity contribution in [1.29, 1.82) is 0 Å². The summed E-state index contributed by atoms with van der Waals surface area (Å²) in [5.74, 6) is -2.58. The molecule has 2 fully saturated rings. The second kappa shape index (κ2) is 10.6. The van der Waals surface area contributed by atoms with Gasteiger partial charge in [-0.3, -0.25) is 29.4 Å². The van der Waals surface area contributed by atoms with Crippen LogP contribution in [-0.2, 0) is 16.1 Å². The van der Waals surface area contributed by atoms with Gasteiger partial charge in [0.05, 0.1) is 29.9 Å². The lowest BCUT2D eigenvalue weighted by atomic mass is 10.0. The van der Waals surface area contributed by atoms with Gasteiger partial charge in [-0.05, 0) is 30.7 Å². The molecule has 1 atom stereocenters. The molecule has 6 rings (SSSR count). The second-order valence-electron chi connectivity index (χ2n) is 9.86. The van der Waals surface area contributed by atoms with Gasteiger partial charge in [0, 0.05) is 49.4 Å². The van der Waals surface area contributed by atoms with Crippen molar-refractivity contribution in [2.75, 3.05) is 41.3 Å². The second-order valence-corrected chi connectivity index (χ2v) is 11.0. The highest BCUT2D eigenvalue weighted by Crippen LogP contribution is 2.33. The number of rotatable bonds is 6. The Kier molecular flexibility index (Phi) is 6.84. The molecule has 0 bridgehead atoms. The zero-order valence-corrected chi connectivity index (χ0v) is 22.5. The molecule has 0 saturated carbocycles. The summed E-state index contributed by atoms with van der Waals surface area (Å²) in [4.78, 5) is 64.0. The fourth-order valence-electron chi connectivity index (χ4n) is 5.33. The van der Waals surface area contributed by atoms with Crippen LogP contribution in [0, 0.1) is 12.4 Å². The number of benzene rings is 2. The number of amides is 4. The van der Waals surface area contributed by atoms with Crippen molar-refractivity contribution in [3.63, 3.8) is 0 Å². The number of fused-ring (bicyclic) bond motifs is 1. The molecule has 3 aliphatic rings. The van der Waals surface area contributed by atoms with Crippen LogP contribution in [0.1, 0.15) is 38.4 Å². The average molecular weight is 574 g/mol. The lowest BCUT2D eigenvalue weighted by molar-refractivity contribution is -0.136. The maximum absolute atomic E-state index is 14.5. The molecule has 41 heavy (non-hydrogen) atoms. The van der Waals surface area contributed by atoms with Crippen molar-refractivity contribution in [3.05, 3.63) is 75.8 Å². The molecule has 4 heterocycles. The largest absolute Gasteiger partial charge is 0.379 e. The van der Waals surface area contributed by atoms with Crippen LogP contribution in [0.3, 0.4) is 0 Å². The van der Waals surface area contributed by atoms with Gasteiger partial charge in [-0.25, -0.2) is 14.2 Å². The summed E-state index contributed by atoms with van der Waals surface area (Å²) in [5, 5.41) is 6.28. The highest BCUT2D eigenvalue weighted by molar-refractivity contribution is 7.15. The van der Waals surface area contributed by atoms with Crippen LogP contribution < -0.4 is 20.4 Å². The van der Waals surface area contributed by atoms with Crippen LogP contribution in [0.4, 0.5) is 26.6 Å². The van der Waals surface area contributed by atoms with E-state index in [9.17, 15) is 23.6 Å². The monoisotopic (exact) mass is 573 g/mol. The van der Waals surface area contributed by atoms with E-state index < -0.39 is 35.5 Å². The Hall–Kier alpha value is -4.83. The Balaban J connectivity index is 1.10. The molecule has 3 aliphatic heterocycles. The SMILES string of the molecule is [C-]#[N+]c1ccc(N2CCN(c3ncc(CNc4cccc5c4C(=O)N(C4CCC(=O)NC4=O)C5=O)s3)CC2)c(F)c1. The van der Waals surface area contributed by atoms with Crippen molar-refractivity contribution in [2.45, 2.75) is 25.4 Å². The number of hydrogen-bond acceptors (Lipinski definition) is 9. The topological polar surface area (TPSA) is 119 Å². The first-order chi connectivity index (χ1) is 19.8. The highest BCUT2D eigenvalue weighted by atomic mass is 32.1. The van der Waals surface area contributed by atoms with Crippen LogP contribution in [0.5, 0.6) is 0 Å². The van der Waals surface area contributed by atoms with Gasteiger partial charge in [0.2, 0.25) is 11.8 Å². The first-order valence-corrected chi connectivity index (χ1v) is 13.9. The summed E-state index contributed by atoms with van der Waals surface area (Å²) in [6.45, 7) is 9.94. The molecule has 1 aromatic heterocycles. The third-order valence-electron chi connectivity index (χ3n) is 7.41. The molecule has 11 nitrogen and oxygen atoms in total. The number of nitrogens with zero attached hydrogens (tertiary/aromatic N) is 5.